The monoisotopic (exact) mass is 739 g/mol. The van der Waals surface area contributed by atoms with E-state index in [0.717, 1.165) is 70.7 Å². The predicted octanol–water partition coefficient (Wildman–Crippen LogP) is 7.96. The topological polar surface area (TPSA) is 39.5 Å². The fraction of sp³-hybridized carbons (Fsp3) is 0.240. The van der Waals surface area contributed by atoms with Crippen molar-refractivity contribution in [1.82, 2.24) is 23.3 Å². The molecule has 3 aliphatic rings. The van der Waals surface area contributed by atoms with E-state index in [-0.39, 0.29) is 18.8 Å². The summed E-state index contributed by atoms with van der Waals surface area (Å²) in [5.41, 5.74) is 24.0. The molecule has 6 heterocycles. The number of allylic oxidation sites excluding steroid dienone is 4. The summed E-state index contributed by atoms with van der Waals surface area (Å²) in [6.45, 7) is 25.0. The minimum Gasteiger partial charge on any atom is -0.283 e. The van der Waals surface area contributed by atoms with Gasteiger partial charge < -0.3 is 0 Å². The van der Waals surface area contributed by atoms with Crippen LogP contribution in [0.15, 0.2) is 115 Å². The van der Waals surface area contributed by atoms with E-state index >= 15 is 0 Å². The minimum absolute atomic E-state index is 0.0235. The number of para-hydroxylation sites is 2. The first-order valence-electron chi connectivity index (χ1n) is 20.7. The van der Waals surface area contributed by atoms with E-state index in [0.29, 0.717) is 0 Å². The number of aromatic nitrogens is 5. The second kappa shape index (κ2) is 11.9. The van der Waals surface area contributed by atoms with Gasteiger partial charge in [0.05, 0.1) is 22.4 Å². The minimum atomic E-state index is -0.105. The lowest BCUT2D eigenvalue weighted by Crippen LogP contribution is -2.62. The molecule has 278 valence electrons. The smallest absolute Gasteiger partial charge is 0.250 e. The highest BCUT2D eigenvalue weighted by Gasteiger charge is 2.46. The van der Waals surface area contributed by atoms with Crippen molar-refractivity contribution in [2.75, 3.05) is 0 Å². The second-order valence-corrected chi connectivity index (χ2v) is 18.0. The van der Waals surface area contributed by atoms with E-state index in [1.165, 1.54) is 77.1 Å². The molecule has 0 saturated heterocycles. The summed E-state index contributed by atoms with van der Waals surface area (Å²) in [7, 11) is 0. The fourth-order valence-corrected chi connectivity index (χ4v) is 10.9. The van der Waals surface area contributed by atoms with Crippen LogP contribution in [-0.4, -0.2) is 36.8 Å². The molecular weight excluding hydrogens is 692 g/mol. The molecule has 8 aromatic rings. The van der Waals surface area contributed by atoms with Crippen LogP contribution >= 0.6 is 0 Å². The number of fused-ring (bicyclic) bond motifs is 10. The third-order valence-electron chi connectivity index (χ3n) is 13.5. The quantitative estimate of drug-likeness (QED) is 0.136. The van der Waals surface area contributed by atoms with E-state index < -0.39 is 0 Å². The first kappa shape index (κ1) is 34.4. The van der Waals surface area contributed by atoms with Crippen molar-refractivity contribution in [2.45, 2.75) is 79.6 Å². The maximum atomic E-state index is 5.72. The van der Waals surface area contributed by atoms with Gasteiger partial charge in [0.25, 0.3) is 0 Å². The highest BCUT2D eigenvalue weighted by Crippen LogP contribution is 2.38. The highest BCUT2D eigenvalue weighted by atomic mass is 15.2. The molecule has 0 spiro atoms. The predicted molar refractivity (Wildman–Crippen MR) is 243 cm³/mol. The second-order valence-electron chi connectivity index (χ2n) is 18.0. The van der Waals surface area contributed by atoms with Crippen molar-refractivity contribution in [2.24, 2.45) is 0 Å². The van der Waals surface area contributed by atoms with Crippen molar-refractivity contribution in [3.63, 3.8) is 0 Å². The summed E-state index contributed by atoms with van der Waals surface area (Å²) < 4.78 is 7.61. The number of hydrogen-bond acceptors (Lipinski definition) is 2. The average molecular weight is 740 g/mol. The standard InChI is InChI=1S/C50H47B2N5/c1-10-29(4)41(28(2)3)51-35-26-32(50(7,8)9)27-36-45(35)57-48-43(51)33-20-11-15-24-39(33)55(48)46-47(54-38-23-14-13-22-37(38)53-46)56-40-25-16-12-21-34(40)44(49(56)57)52(36)42-30(5)18-17-19-31(42)6/h10-12,15-21,24-27H,1-2,13-14,22-23H2,3-9H3/b41-29+. The number of nitrogens with zero attached hydrogens (tertiary/aromatic N) is 5. The van der Waals surface area contributed by atoms with Gasteiger partial charge >= 0.3 is 0 Å². The molecule has 0 bridgehead atoms. The molecule has 2 aliphatic heterocycles. The van der Waals surface area contributed by atoms with Gasteiger partial charge in [-0.3, -0.25) is 13.4 Å². The van der Waals surface area contributed by atoms with Crippen LogP contribution in [0.2, 0.25) is 0 Å². The molecule has 0 unspecified atom stereocenters. The SMILES string of the molecule is C=C/C(C)=C(/B1c2cc(C(C)(C)C)cc3c2-n2c4c1c1ccccc1n4c1nc4c(nc1n1c5ccccc5c(c21)B3c1c(C)cccc1C)CCCC4)C(=C)C. The number of rotatable bonds is 4. The Bertz CT molecular complexity index is 3190. The zero-order chi connectivity index (χ0) is 39.2. The van der Waals surface area contributed by atoms with E-state index in [4.69, 9.17) is 16.5 Å². The molecular formula is C50H47B2N5. The van der Waals surface area contributed by atoms with Crippen LogP contribution < -0.4 is 27.3 Å². The highest BCUT2D eigenvalue weighted by molar-refractivity contribution is 7.02. The van der Waals surface area contributed by atoms with Crippen LogP contribution in [0.25, 0.3) is 50.1 Å². The molecule has 0 radical (unpaired) electrons. The van der Waals surface area contributed by atoms with E-state index in [1.807, 2.05) is 6.08 Å². The van der Waals surface area contributed by atoms with Gasteiger partial charge in [-0.2, -0.15) is 0 Å². The van der Waals surface area contributed by atoms with E-state index in [1.54, 1.807) is 0 Å². The zero-order valence-corrected chi connectivity index (χ0v) is 34.2. The van der Waals surface area contributed by atoms with Crippen LogP contribution in [0.1, 0.15) is 75.5 Å². The third kappa shape index (κ3) is 4.49. The van der Waals surface area contributed by atoms with Gasteiger partial charge in [0.2, 0.25) is 13.4 Å². The Morgan fingerprint density at radius 2 is 1.26 bits per heavy atom. The number of aryl methyl sites for hydroxylation is 4. The van der Waals surface area contributed by atoms with Gasteiger partial charge in [0.1, 0.15) is 11.3 Å². The molecule has 1 aliphatic carbocycles. The maximum absolute atomic E-state index is 5.72. The summed E-state index contributed by atoms with van der Waals surface area (Å²) in [5.74, 6) is 0. The Morgan fingerprint density at radius 1 is 0.719 bits per heavy atom. The molecule has 0 atom stereocenters. The molecule has 4 aromatic heterocycles. The molecule has 11 rings (SSSR count). The normalized spacial score (nSPS) is 15.0. The lowest BCUT2D eigenvalue weighted by Gasteiger charge is -2.37. The van der Waals surface area contributed by atoms with Gasteiger partial charge in [0.15, 0.2) is 11.3 Å². The third-order valence-corrected chi connectivity index (χ3v) is 13.5. The Hall–Kier alpha value is -5.81. The lowest BCUT2D eigenvalue weighted by atomic mass is 9.29. The fourth-order valence-electron chi connectivity index (χ4n) is 10.9. The molecule has 4 aromatic carbocycles. The van der Waals surface area contributed by atoms with Crippen LogP contribution in [-0.2, 0) is 18.3 Å². The largest absolute Gasteiger partial charge is 0.283 e. The Kier molecular flexibility index (Phi) is 7.17. The molecule has 0 fully saturated rings. The van der Waals surface area contributed by atoms with E-state index in [2.05, 4.69) is 147 Å². The zero-order valence-electron chi connectivity index (χ0n) is 34.2. The summed E-state index contributed by atoms with van der Waals surface area (Å²) >= 11 is 0. The first-order chi connectivity index (χ1) is 27.5. The molecule has 0 saturated carbocycles. The lowest BCUT2D eigenvalue weighted by molar-refractivity contribution is 0.591. The van der Waals surface area contributed by atoms with E-state index in [9.17, 15) is 0 Å². The summed E-state index contributed by atoms with van der Waals surface area (Å²) in [4.78, 5) is 11.4. The molecule has 57 heavy (non-hydrogen) atoms. The summed E-state index contributed by atoms with van der Waals surface area (Å²) in [5, 5.41) is 2.49. The Labute approximate surface area is 335 Å². The first-order valence-corrected chi connectivity index (χ1v) is 20.7. The van der Waals surface area contributed by atoms with Crippen LogP contribution in [0.4, 0.5) is 0 Å². The summed E-state index contributed by atoms with van der Waals surface area (Å²) in [6.07, 6.45) is 6.20. The molecule has 0 amide bonds. The van der Waals surface area contributed by atoms with Crippen LogP contribution in [0.5, 0.6) is 0 Å². The van der Waals surface area contributed by atoms with Crippen molar-refractivity contribution in [3.05, 3.63) is 143 Å². The Morgan fingerprint density at radius 3 is 1.82 bits per heavy atom. The van der Waals surface area contributed by atoms with Crippen molar-refractivity contribution in [3.8, 4) is 5.69 Å². The van der Waals surface area contributed by atoms with Crippen LogP contribution in [0.3, 0.4) is 0 Å². The summed E-state index contributed by atoms with van der Waals surface area (Å²) in [6, 6.07) is 29.9. The Balaban J connectivity index is 1.53. The molecule has 5 nitrogen and oxygen atoms in total. The average Bonchev–Trinajstić information content (AvgIpc) is 3.67. The van der Waals surface area contributed by atoms with Gasteiger partial charge in [0, 0.05) is 5.69 Å². The number of benzene rings is 4. The maximum Gasteiger partial charge on any atom is 0.250 e. The van der Waals surface area contributed by atoms with Gasteiger partial charge in [-0.05, 0) is 109 Å². The molecule has 0 N–H and O–H groups in total. The molecule has 7 heteroatoms. The van der Waals surface area contributed by atoms with Gasteiger partial charge in [-0.15, -0.1) is 0 Å². The van der Waals surface area contributed by atoms with Gasteiger partial charge in [-0.25, -0.2) is 9.97 Å². The number of hydrogen-bond donors (Lipinski definition) is 0. The van der Waals surface area contributed by atoms with Gasteiger partial charge in [-0.1, -0.05) is 140 Å². The van der Waals surface area contributed by atoms with Crippen LogP contribution in [0, 0.1) is 13.8 Å². The van der Waals surface area contributed by atoms with Crippen molar-refractivity contribution in [1.29, 1.82) is 0 Å². The van der Waals surface area contributed by atoms with Crippen molar-refractivity contribution >= 4 is 85.1 Å². The van der Waals surface area contributed by atoms with Crippen molar-refractivity contribution < 1.29 is 0 Å².